The van der Waals surface area contributed by atoms with E-state index in [-0.39, 0.29) is 5.75 Å². The van der Waals surface area contributed by atoms with Crippen molar-refractivity contribution in [3.8, 4) is 11.5 Å². The molecule has 158 valence electrons. The minimum absolute atomic E-state index is 0.266. The lowest BCUT2D eigenvalue weighted by Crippen LogP contribution is -2.17. The van der Waals surface area contributed by atoms with Gasteiger partial charge in [0.15, 0.2) is 11.5 Å². The van der Waals surface area contributed by atoms with Gasteiger partial charge in [0, 0.05) is 15.6 Å². The van der Waals surface area contributed by atoms with Gasteiger partial charge in [0.2, 0.25) is 0 Å². The topological polar surface area (TPSA) is 77.0 Å². The fourth-order valence-electron chi connectivity index (χ4n) is 2.56. The standard InChI is InChI=1S/C23H18Cl2N2O4/c1-2-30-21-12-15(14-26-27-22(28)17-4-3-5-19(25)13-17)6-11-20(21)31-23(29)16-7-9-18(24)10-8-16/h3-14H,2H2,1H3,(H,27,28). The highest BCUT2D eigenvalue weighted by molar-refractivity contribution is 6.31. The zero-order valence-electron chi connectivity index (χ0n) is 16.5. The van der Waals surface area contributed by atoms with Gasteiger partial charge in [-0.2, -0.15) is 5.10 Å². The van der Waals surface area contributed by atoms with Gasteiger partial charge in [-0.05, 0) is 73.2 Å². The molecule has 31 heavy (non-hydrogen) atoms. The molecular weight excluding hydrogens is 439 g/mol. The van der Waals surface area contributed by atoms with Crippen LogP contribution in [-0.4, -0.2) is 24.7 Å². The number of carbonyl (C=O) groups is 2. The Balaban J connectivity index is 1.70. The van der Waals surface area contributed by atoms with Crippen LogP contribution in [0.3, 0.4) is 0 Å². The number of rotatable bonds is 7. The molecule has 0 atom stereocenters. The molecule has 0 aliphatic heterocycles. The summed E-state index contributed by atoms with van der Waals surface area (Å²) >= 11 is 11.7. The second-order valence-corrected chi connectivity index (χ2v) is 7.12. The molecule has 3 rings (SSSR count). The molecule has 0 saturated heterocycles. The molecule has 0 heterocycles. The van der Waals surface area contributed by atoms with Crippen LogP contribution in [0.1, 0.15) is 33.2 Å². The summed E-state index contributed by atoms with van der Waals surface area (Å²) in [4.78, 5) is 24.5. The van der Waals surface area contributed by atoms with Crippen molar-refractivity contribution < 1.29 is 19.1 Å². The van der Waals surface area contributed by atoms with E-state index in [9.17, 15) is 9.59 Å². The van der Waals surface area contributed by atoms with Gasteiger partial charge in [-0.15, -0.1) is 0 Å². The monoisotopic (exact) mass is 456 g/mol. The number of hydrogen-bond acceptors (Lipinski definition) is 5. The Hall–Kier alpha value is -3.35. The fraction of sp³-hybridized carbons (Fsp3) is 0.0870. The SMILES string of the molecule is CCOc1cc(C=NNC(=O)c2cccc(Cl)c2)ccc1OC(=O)c1ccc(Cl)cc1. The number of esters is 1. The Kier molecular flexibility index (Phi) is 7.65. The third-order valence-electron chi connectivity index (χ3n) is 4.02. The highest BCUT2D eigenvalue weighted by Crippen LogP contribution is 2.29. The molecule has 1 amide bonds. The van der Waals surface area contributed by atoms with Crippen LogP contribution >= 0.6 is 23.2 Å². The average molecular weight is 457 g/mol. The second-order valence-electron chi connectivity index (χ2n) is 6.25. The maximum absolute atomic E-state index is 12.4. The van der Waals surface area contributed by atoms with E-state index >= 15 is 0 Å². The van der Waals surface area contributed by atoms with Gasteiger partial charge < -0.3 is 9.47 Å². The number of hydrazone groups is 1. The summed E-state index contributed by atoms with van der Waals surface area (Å²) in [5, 5.41) is 4.94. The molecule has 0 unspecified atom stereocenters. The van der Waals surface area contributed by atoms with E-state index < -0.39 is 11.9 Å². The molecule has 8 heteroatoms. The summed E-state index contributed by atoms with van der Waals surface area (Å²) in [5.74, 6) is -0.290. The lowest BCUT2D eigenvalue weighted by atomic mass is 10.2. The minimum atomic E-state index is -0.534. The zero-order valence-corrected chi connectivity index (χ0v) is 18.0. The average Bonchev–Trinajstić information content (AvgIpc) is 2.76. The first kappa shape index (κ1) is 22.3. The molecule has 3 aromatic rings. The van der Waals surface area contributed by atoms with E-state index in [0.717, 1.165) is 0 Å². The molecule has 3 aromatic carbocycles. The maximum atomic E-state index is 12.4. The number of amides is 1. The number of halogens is 2. The van der Waals surface area contributed by atoms with Crippen LogP contribution in [0.2, 0.25) is 10.0 Å². The van der Waals surface area contributed by atoms with Crippen molar-refractivity contribution in [1.29, 1.82) is 0 Å². The van der Waals surface area contributed by atoms with Crippen LogP contribution in [0.25, 0.3) is 0 Å². The van der Waals surface area contributed by atoms with E-state index in [1.54, 1.807) is 66.7 Å². The van der Waals surface area contributed by atoms with E-state index in [1.807, 2.05) is 6.92 Å². The summed E-state index contributed by atoms with van der Waals surface area (Å²) in [6, 6.07) is 17.8. The second kappa shape index (κ2) is 10.6. The van der Waals surface area contributed by atoms with Gasteiger partial charge in [-0.1, -0.05) is 29.3 Å². The highest BCUT2D eigenvalue weighted by atomic mass is 35.5. The molecule has 0 aliphatic carbocycles. The van der Waals surface area contributed by atoms with Crippen LogP contribution in [-0.2, 0) is 0 Å². The molecule has 0 aromatic heterocycles. The van der Waals surface area contributed by atoms with Crippen LogP contribution in [0.15, 0.2) is 71.8 Å². The first-order chi connectivity index (χ1) is 15.0. The summed E-state index contributed by atoms with van der Waals surface area (Å²) in [7, 11) is 0. The predicted molar refractivity (Wildman–Crippen MR) is 121 cm³/mol. The summed E-state index contributed by atoms with van der Waals surface area (Å²) in [5.41, 5.74) is 3.83. The molecule has 0 aliphatic rings. The number of carbonyl (C=O) groups excluding carboxylic acids is 2. The quantitative estimate of drug-likeness (QED) is 0.224. The maximum Gasteiger partial charge on any atom is 0.343 e. The molecule has 0 bridgehead atoms. The van der Waals surface area contributed by atoms with Gasteiger partial charge in [0.25, 0.3) is 5.91 Å². The Morgan fingerprint density at radius 3 is 2.42 bits per heavy atom. The van der Waals surface area contributed by atoms with Crippen LogP contribution in [0, 0.1) is 0 Å². The number of benzene rings is 3. The van der Waals surface area contributed by atoms with Crippen molar-refractivity contribution in [2.75, 3.05) is 6.61 Å². The van der Waals surface area contributed by atoms with Crippen molar-refractivity contribution >= 4 is 41.3 Å². The Morgan fingerprint density at radius 1 is 0.935 bits per heavy atom. The van der Waals surface area contributed by atoms with Gasteiger partial charge in [0.1, 0.15) is 0 Å². The van der Waals surface area contributed by atoms with Crippen molar-refractivity contribution in [1.82, 2.24) is 5.43 Å². The van der Waals surface area contributed by atoms with Gasteiger partial charge in [-0.25, -0.2) is 10.2 Å². The van der Waals surface area contributed by atoms with Gasteiger partial charge >= 0.3 is 5.97 Å². The molecule has 0 radical (unpaired) electrons. The van der Waals surface area contributed by atoms with Crippen molar-refractivity contribution in [3.05, 3.63) is 93.5 Å². The summed E-state index contributed by atoms with van der Waals surface area (Å²) in [6.45, 7) is 2.19. The lowest BCUT2D eigenvalue weighted by molar-refractivity contribution is 0.0728. The summed E-state index contributed by atoms with van der Waals surface area (Å²) in [6.07, 6.45) is 1.45. The largest absolute Gasteiger partial charge is 0.490 e. The van der Waals surface area contributed by atoms with Crippen molar-refractivity contribution in [2.45, 2.75) is 6.92 Å². The van der Waals surface area contributed by atoms with E-state index in [0.29, 0.717) is 39.1 Å². The summed E-state index contributed by atoms with van der Waals surface area (Å²) < 4.78 is 11.0. The van der Waals surface area contributed by atoms with Gasteiger partial charge in [-0.3, -0.25) is 4.79 Å². The molecule has 0 saturated carbocycles. The Labute approximate surface area is 189 Å². The Morgan fingerprint density at radius 2 is 1.71 bits per heavy atom. The fourth-order valence-corrected chi connectivity index (χ4v) is 2.88. The minimum Gasteiger partial charge on any atom is -0.490 e. The van der Waals surface area contributed by atoms with Gasteiger partial charge in [0.05, 0.1) is 18.4 Å². The number of ether oxygens (including phenoxy) is 2. The third kappa shape index (κ3) is 6.31. The zero-order chi connectivity index (χ0) is 22.2. The normalized spacial score (nSPS) is 10.7. The number of nitrogens with one attached hydrogen (secondary N) is 1. The highest BCUT2D eigenvalue weighted by Gasteiger charge is 2.13. The first-order valence-corrected chi connectivity index (χ1v) is 10.1. The first-order valence-electron chi connectivity index (χ1n) is 9.30. The van der Waals surface area contributed by atoms with E-state index in [4.69, 9.17) is 32.7 Å². The van der Waals surface area contributed by atoms with Crippen LogP contribution < -0.4 is 14.9 Å². The molecule has 6 nitrogen and oxygen atoms in total. The van der Waals surface area contributed by atoms with Crippen LogP contribution in [0.5, 0.6) is 11.5 Å². The van der Waals surface area contributed by atoms with E-state index in [1.165, 1.54) is 6.21 Å². The van der Waals surface area contributed by atoms with E-state index in [2.05, 4.69) is 10.5 Å². The van der Waals surface area contributed by atoms with Crippen molar-refractivity contribution in [2.24, 2.45) is 5.10 Å². The number of nitrogens with zero attached hydrogens (tertiary/aromatic N) is 1. The van der Waals surface area contributed by atoms with Crippen molar-refractivity contribution in [3.63, 3.8) is 0 Å². The predicted octanol–water partition coefficient (Wildman–Crippen LogP) is 5.38. The molecular formula is C23H18Cl2N2O4. The third-order valence-corrected chi connectivity index (χ3v) is 4.50. The number of hydrogen-bond donors (Lipinski definition) is 1. The smallest absolute Gasteiger partial charge is 0.343 e. The van der Waals surface area contributed by atoms with Crippen LogP contribution in [0.4, 0.5) is 0 Å². The lowest BCUT2D eigenvalue weighted by Gasteiger charge is -2.11. The molecule has 0 spiro atoms. The Bertz CT molecular complexity index is 1110. The molecule has 0 fully saturated rings. The molecule has 1 N–H and O–H groups in total.